The van der Waals surface area contributed by atoms with Gasteiger partial charge in [0, 0.05) is 6.04 Å². The van der Waals surface area contributed by atoms with E-state index in [1.807, 2.05) is 0 Å². The average Bonchev–Trinajstić information content (AvgIpc) is 2.66. The lowest BCUT2D eigenvalue weighted by atomic mass is 9.93. The lowest BCUT2D eigenvalue weighted by Gasteiger charge is -2.20. The van der Waals surface area contributed by atoms with Gasteiger partial charge < -0.3 is 5.32 Å². The minimum absolute atomic E-state index is 0.582. The minimum Gasteiger partial charge on any atom is -0.313 e. The van der Waals surface area contributed by atoms with Crippen LogP contribution in [0.25, 0.3) is 0 Å². The van der Waals surface area contributed by atoms with Crippen LogP contribution in [0.15, 0.2) is 24.3 Å². The molecule has 0 aromatic heterocycles. The van der Waals surface area contributed by atoms with Gasteiger partial charge in [-0.1, -0.05) is 51.0 Å². The van der Waals surface area contributed by atoms with E-state index in [2.05, 4.69) is 50.5 Å². The number of fused-ring (bicyclic) bond motifs is 1. The number of hydrogen-bond donors (Lipinski definition) is 1. The summed E-state index contributed by atoms with van der Waals surface area (Å²) in [5, 5.41) is 3.51. The first-order chi connectivity index (χ1) is 8.22. The summed E-state index contributed by atoms with van der Waals surface area (Å²) in [4.78, 5) is 0. The van der Waals surface area contributed by atoms with Gasteiger partial charge in [0.1, 0.15) is 0 Å². The quantitative estimate of drug-likeness (QED) is 0.809. The van der Waals surface area contributed by atoms with E-state index in [4.69, 9.17) is 0 Å². The molecule has 0 radical (unpaired) electrons. The first-order valence-corrected chi connectivity index (χ1v) is 6.97. The van der Waals surface area contributed by atoms with Crippen molar-refractivity contribution < 1.29 is 0 Å². The molecule has 1 nitrogen and oxygen atoms in total. The highest BCUT2D eigenvalue weighted by atomic mass is 14.9. The van der Waals surface area contributed by atoms with Crippen LogP contribution in [0.3, 0.4) is 0 Å². The highest BCUT2D eigenvalue weighted by Gasteiger charge is 2.30. The van der Waals surface area contributed by atoms with Crippen molar-refractivity contribution in [1.82, 2.24) is 5.32 Å². The molecule has 0 aliphatic heterocycles. The predicted molar refractivity (Wildman–Crippen MR) is 74.1 cm³/mol. The van der Waals surface area contributed by atoms with E-state index in [0.717, 1.165) is 11.8 Å². The van der Waals surface area contributed by atoms with Crippen LogP contribution < -0.4 is 5.32 Å². The zero-order valence-electron chi connectivity index (χ0n) is 11.4. The van der Waals surface area contributed by atoms with Crippen LogP contribution in [0.2, 0.25) is 0 Å². The molecule has 1 aliphatic rings. The first-order valence-electron chi connectivity index (χ1n) is 6.97. The molecule has 2 unspecified atom stereocenters. The van der Waals surface area contributed by atoms with Gasteiger partial charge in [-0.25, -0.2) is 0 Å². The topological polar surface area (TPSA) is 12.0 Å². The van der Waals surface area contributed by atoms with Crippen molar-refractivity contribution in [3.8, 4) is 0 Å². The van der Waals surface area contributed by atoms with E-state index in [-0.39, 0.29) is 0 Å². The molecule has 1 aromatic rings. The average molecular weight is 231 g/mol. The van der Waals surface area contributed by atoms with Crippen molar-refractivity contribution in [2.45, 2.75) is 45.6 Å². The lowest BCUT2D eigenvalue weighted by molar-refractivity contribution is 0.363. The van der Waals surface area contributed by atoms with Crippen molar-refractivity contribution in [2.75, 3.05) is 7.05 Å². The van der Waals surface area contributed by atoms with Crippen molar-refractivity contribution in [3.63, 3.8) is 0 Å². The van der Waals surface area contributed by atoms with Gasteiger partial charge in [0.2, 0.25) is 0 Å². The van der Waals surface area contributed by atoms with Gasteiger partial charge in [-0.2, -0.15) is 0 Å². The molecule has 2 atom stereocenters. The maximum atomic E-state index is 3.51. The molecule has 1 aliphatic carbocycles. The van der Waals surface area contributed by atoms with Gasteiger partial charge in [-0.15, -0.1) is 0 Å². The Morgan fingerprint density at radius 2 is 2.06 bits per heavy atom. The number of benzene rings is 1. The highest BCUT2D eigenvalue weighted by molar-refractivity contribution is 5.35. The third-order valence-corrected chi connectivity index (χ3v) is 4.01. The maximum absolute atomic E-state index is 3.51. The Hall–Kier alpha value is -0.820. The van der Waals surface area contributed by atoms with Crippen LogP contribution in [0.5, 0.6) is 0 Å². The van der Waals surface area contributed by atoms with Crippen molar-refractivity contribution in [3.05, 3.63) is 35.4 Å². The molecular formula is C16H25N. The molecule has 0 saturated heterocycles. The van der Waals surface area contributed by atoms with E-state index in [0.29, 0.717) is 6.04 Å². The molecule has 0 saturated carbocycles. The molecule has 0 fully saturated rings. The fourth-order valence-electron chi connectivity index (χ4n) is 3.13. The van der Waals surface area contributed by atoms with E-state index in [1.54, 1.807) is 5.56 Å². The molecule has 17 heavy (non-hydrogen) atoms. The van der Waals surface area contributed by atoms with Crippen molar-refractivity contribution in [2.24, 2.45) is 11.8 Å². The van der Waals surface area contributed by atoms with Gasteiger partial charge >= 0.3 is 0 Å². The van der Waals surface area contributed by atoms with Crippen molar-refractivity contribution in [1.29, 1.82) is 0 Å². The molecule has 94 valence electrons. The Balaban J connectivity index is 1.97. The zero-order valence-corrected chi connectivity index (χ0v) is 11.4. The van der Waals surface area contributed by atoms with Gasteiger partial charge in [0.25, 0.3) is 0 Å². The summed E-state index contributed by atoms with van der Waals surface area (Å²) < 4.78 is 0. The third kappa shape index (κ3) is 2.90. The second kappa shape index (κ2) is 5.68. The normalized spacial score (nSPS) is 23.1. The number of nitrogens with one attached hydrogen (secondary N) is 1. The van der Waals surface area contributed by atoms with E-state index in [1.165, 1.54) is 31.2 Å². The molecule has 0 spiro atoms. The first kappa shape index (κ1) is 12.6. The van der Waals surface area contributed by atoms with Gasteiger partial charge in [-0.05, 0) is 42.9 Å². The van der Waals surface area contributed by atoms with Crippen LogP contribution in [0.1, 0.15) is 50.3 Å². The Labute approximate surface area is 106 Å². The van der Waals surface area contributed by atoms with E-state index in [9.17, 15) is 0 Å². The maximum Gasteiger partial charge on any atom is 0.0352 e. The Morgan fingerprint density at radius 3 is 2.76 bits per heavy atom. The Morgan fingerprint density at radius 1 is 1.29 bits per heavy atom. The molecular weight excluding hydrogens is 206 g/mol. The number of hydrogen-bond acceptors (Lipinski definition) is 1. The van der Waals surface area contributed by atoms with Crippen molar-refractivity contribution >= 4 is 0 Å². The Kier molecular flexibility index (Phi) is 4.22. The highest BCUT2D eigenvalue weighted by Crippen LogP contribution is 2.38. The zero-order chi connectivity index (χ0) is 12.3. The molecule has 1 aromatic carbocycles. The van der Waals surface area contributed by atoms with E-state index < -0.39 is 0 Å². The van der Waals surface area contributed by atoms with E-state index >= 15 is 0 Å². The summed E-state index contributed by atoms with van der Waals surface area (Å²) in [6.45, 7) is 4.64. The predicted octanol–water partition coefficient (Wildman–Crippen LogP) is 3.95. The SMILES string of the molecule is CNC1c2ccccc2CC1CCCC(C)C. The minimum atomic E-state index is 0.582. The summed E-state index contributed by atoms with van der Waals surface area (Å²) in [5.74, 6) is 1.64. The summed E-state index contributed by atoms with van der Waals surface area (Å²) in [6.07, 6.45) is 5.36. The fraction of sp³-hybridized carbons (Fsp3) is 0.625. The van der Waals surface area contributed by atoms with Gasteiger partial charge in [0.05, 0.1) is 0 Å². The largest absolute Gasteiger partial charge is 0.313 e. The summed E-state index contributed by atoms with van der Waals surface area (Å²) in [5.41, 5.74) is 3.09. The number of rotatable bonds is 5. The second-order valence-corrected chi connectivity index (χ2v) is 5.75. The summed E-state index contributed by atoms with van der Waals surface area (Å²) in [7, 11) is 2.10. The third-order valence-electron chi connectivity index (χ3n) is 4.01. The molecule has 0 amide bonds. The van der Waals surface area contributed by atoms with Crippen LogP contribution >= 0.6 is 0 Å². The molecule has 0 bridgehead atoms. The fourth-order valence-corrected chi connectivity index (χ4v) is 3.13. The lowest BCUT2D eigenvalue weighted by Crippen LogP contribution is -2.21. The standard InChI is InChI=1S/C16H25N/c1-12(2)7-6-9-14-11-13-8-4-5-10-15(13)16(14)17-3/h4-5,8,10,12,14,16-17H,6-7,9,11H2,1-3H3. The summed E-state index contributed by atoms with van der Waals surface area (Å²) in [6, 6.07) is 9.50. The van der Waals surface area contributed by atoms with Crippen LogP contribution in [-0.2, 0) is 6.42 Å². The van der Waals surface area contributed by atoms with Crippen LogP contribution in [0, 0.1) is 11.8 Å². The summed E-state index contributed by atoms with van der Waals surface area (Å²) >= 11 is 0. The van der Waals surface area contributed by atoms with Crippen LogP contribution in [0.4, 0.5) is 0 Å². The Bertz CT molecular complexity index is 356. The monoisotopic (exact) mass is 231 g/mol. The van der Waals surface area contributed by atoms with Gasteiger partial charge in [-0.3, -0.25) is 0 Å². The molecule has 2 rings (SSSR count). The molecule has 1 N–H and O–H groups in total. The van der Waals surface area contributed by atoms with Gasteiger partial charge in [0.15, 0.2) is 0 Å². The molecule has 0 heterocycles. The second-order valence-electron chi connectivity index (χ2n) is 5.75. The smallest absolute Gasteiger partial charge is 0.0352 e. The van der Waals surface area contributed by atoms with Crippen LogP contribution in [-0.4, -0.2) is 7.05 Å². The molecule has 1 heteroatoms.